The first-order valence-corrected chi connectivity index (χ1v) is 9.53. The normalized spacial score (nSPS) is 22.6. The molecule has 1 aromatic heterocycles. The van der Waals surface area contributed by atoms with Gasteiger partial charge in [-0.3, -0.25) is 0 Å². The molecule has 4 rings (SSSR count). The van der Waals surface area contributed by atoms with Crippen LogP contribution in [0.5, 0.6) is 0 Å². The van der Waals surface area contributed by atoms with Crippen LogP contribution in [-0.4, -0.2) is 35.6 Å². The van der Waals surface area contributed by atoms with Crippen LogP contribution in [0.2, 0.25) is 5.02 Å². The molecule has 2 aromatic rings. The van der Waals surface area contributed by atoms with Gasteiger partial charge >= 0.3 is 0 Å². The van der Waals surface area contributed by atoms with Crippen LogP contribution >= 0.6 is 11.6 Å². The van der Waals surface area contributed by atoms with E-state index in [-0.39, 0.29) is 0 Å². The van der Waals surface area contributed by atoms with E-state index in [0.29, 0.717) is 18.0 Å². The van der Waals surface area contributed by atoms with E-state index in [9.17, 15) is 0 Å². The minimum atomic E-state index is 0.344. The van der Waals surface area contributed by atoms with Crippen molar-refractivity contribution in [3.05, 3.63) is 46.6 Å². The van der Waals surface area contributed by atoms with E-state index >= 15 is 0 Å². The quantitative estimate of drug-likeness (QED) is 0.861. The van der Waals surface area contributed by atoms with Crippen molar-refractivity contribution in [1.82, 2.24) is 9.97 Å². The van der Waals surface area contributed by atoms with Crippen LogP contribution in [0.3, 0.4) is 0 Å². The molecule has 0 amide bonds. The van der Waals surface area contributed by atoms with Crippen LogP contribution in [-0.2, 0) is 0 Å². The van der Waals surface area contributed by atoms with Gasteiger partial charge in [-0.25, -0.2) is 4.98 Å². The van der Waals surface area contributed by atoms with Crippen LogP contribution in [0, 0.1) is 0 Å². The topological polar surface area (TPSA) is 67.1 Å². The molecule has 0 atom stereocenters. The molecule has 1 aromatic carbocycles. The lowest BCUT2D eigenvalue weighted by Crippen LogP contribution is -2.33. The molecule has 3 N–H and O–H groups in total. The number of likely N-dealkylation sites (N-methyl/N-ethyl adjacent to an activating group) is 1. The highest BCUT2D eigenvalue weighted by atomic mass is 35.5. The number of benzene rings is 1. The summed E-state index contributed by atoms with van der Waals surface area (Å²) in [6.45, 7) is 0.769. The Kier molecular flexibility index (Phi) is 4.83. The first-order chi connectivity index (χ1) is 12.6. The summed E-state index contributed by atoms with van der Waals surface area (Å²) in [6, 6.07) is 8.70. The summed E-state index contributed by atoms with van der Waals surface area (Å²) >= 11 is 6.37. The van der Waals surface area contributed by atoms with Crippen molar-refractivity contribution >= 4 is 35.0 Å². The first kappa shape index (κ1) is 17.3. The number of aromatic nitrogens is 2. The summed E-state index contributed by atoms with van der Waals surface area (Å²) in [5.74, 6) is 1.65. The predicted octanol–water partition coefficient (Wildman–Crippen LogP) is 3.80. The lowest BCUT2D eigenvalue weighted by Gasteiger charge is -2.29. The standard InChI is InChI=1S/C20H24ClN5/c1-26-12-14(17-4-2-3-5-18(17)21)10-13-11-23-20(25-19(13)26)24-16-8-6-15(22)7-9-16/h2-5,10-11,15-16H,6-9,12,22H2,1H3,(H,23,24,25). The van der Waals surface area contributed by atoms with E-state index in [4.69, 9.17) is 22.3 Å². The molecular formula is C20H24ClN5. The van der Waals surface area contributed by atoms with Crippen LogP contribution < -0.4 is 16.0 Å². The second-order valence-corrected chi connectivity index (χ2v) is 7.64. The fraction of sp³-hybridized carbons (Fsp3) is 0.400. The maximum absolute atomic E-state index is 6.37. The summed E-state index contributed by atoms with van der Waals surface area (Å²) in [7, 11) is 2.05. The zero-order valence-electron chi connectivity index (χ0n) is 15.0. The van der Waals surface area contributed by atoms with Crippen molar-refractivity contribution in [1.29, 1.82) is 0 Å². The molecule has 0 spiro atoms. The van der Waals surface area contributed by atoms with E-state index in [2.05, 4.69) is 34.4 Å². The Morgan fingerprint density at radius 2 is 1.96 bits per heavy atom. The molecule has 136 valence electrons. The van der Waals surface area contributed by atoms with Crippen molar-refractivity contribution in [2.75, 3.05) is 23.8 Å². The average molecular weight is 370 g/mol. The molecule has 5 nitrogen and oxygen atoms in total. The third-order valence-electron chi connectivity index (χ3n) is 5.22. The van der Waals surface area contributed by atoms with Crippen LogP contribution in [0.15, 0.2) is 30.5 Å². The Labute approximate surface area is 159 Å². The summed E-state index contributed by atoms with van der Waals surface area (Å²) < 4.78 is 0. The molecule has 2 heterocycles. The summed E-state index contributed by atoms with van der Waals surface area (Å²) in [5, 5.41) is 4.25. The molecule has 0 unspecified atom stereocenters. The van der Waals surface area contributed by atoms with E-state index in [0.717, 1.165) is 54.2 Å². The molecule has 1 aliphatic heterocycles. The molecule has 0 bridgehead atoms. The highest BCUT2D eigenvalue weighted by Gasteiger charge is 2.22. The number of halogens is 1. The second kappa shape index (κ2) is 7.25. The zero-order chi connectivity index (χ0) is 18.1. The van der Waals surface area contributed by atoms with Gasteiger partial charge in [-0.1, -0.05) is 29.8 Å². The number of rotatable bonds is 3. The Hall–Kier alpha value is -2.11. The van der Waals surface area contributed by atoms with Gasteiger partial charge in [-0.15, -0.1) is 0 Å². The third-order valence-corrected chi connectivity index (χ3v) is 5.55. The molecule has 1 fully saturated rings. The van der Waals surface area contributed by atoms with E-state index in [1.165, 1.54) is 5.57 Å². The predicted molar refractivity (Wildman–Crippen MR) is 108 cm³/mol. The molecule has 2 aliphatic rings. The van der Waals surface area contributed by atoms with E-state index < -0.39 is 0 Å². The number of anilines is 2. The average Bonchev–Trinajstić information content (AvgIpc) is 2.64. The van der Waals surface area contributed by atoms with Crippen LogP contribution in [0.4, 0.5) is 11.8 Å². The zero-order valence-corrected chi connectivity index (χ0v) is 15.7. The number of nitrogens with zero attached hydrogens (tertiary/aromatic N) is 3. The van der Waals surface area contributed by atoms with Crippen molar-refractivity contribution in [2.45, 2.75) is 37.8 Å². The van der Waals surface area contributed by atoms with Gasteiger partial charge in [-0.05, 0) is 49.0 Å². The van der Waals surface area contributed by atoms with Crippen molar-refractivity contribution in [2.24, 2.45) is 5.73 Å². The molecule has 1 aliphatic carbocycles. The van der Waals surface area contributed by atoms with Crippen LogP contribution in [0.25, 0.3) is 11.6 Å². The molecular weight excluding hydrogens is 346 g/mol. The highest BCUT2D eigenvalue weighted by Crippen LogP contribution is 2.33. The van der Waals surface area contributed by atoms with Gasteiger partial charge < -0.3 is 16.0 Å². The Bertz CT molecular complexity index is 827. The SMILES string of the molecule is CN1CC(c2ccccc2Cl)=Cc2cnc(NC3CCC(N)CC3)nc21. The molecule has 1 saturated carbocycles. The number of nitrogens with one attached hydrogen (secondary N) is 1. The Balaban J connectivity index is 1.57. The van der Waals surface area contributed by atoms with E-state index in [1.807, 2.05) is 24.4 Å². The second-order valence-electron chi connectivity index (χ2n) is 7.23. The van der Waals surface area contributed by atoms with Crippen LogP contribution in [0.1, 0.15) is 36.8 Å². The molecule has 0 radical (unpaired) electrons. The monoisotopic (exact) mass is 369 g/mol. The highest BCUT2D eigenvalue weighted by molar-refractivity contribution is 6.32. The maximum atomic E-state index is 6.37. The summed E-state index contributed by atoms with van der Waals surface area (Å²) in [5.41, 5.74) is 9.25. The van der Waals surface area contributed by atoms with Gasteiger partial charge in [0, 0.05) is 42.5 Å². The van der Waals surface area contributed by atoms with Gasteiger partial charge in [0.2, 0.25) is 5.95 Å². The van der Waals surface area contributed by atoms with E-state index in [1.54, 1.807) is 0 Å². The first-order valence-electron chi connectivity index (χ1n) is 9.16. The lowest BCUT2D eigenvalue weighted by atomic mass is 9.92. The van der Waals surface area contributed by atoms with Crippen molar-refractivity contribution in [3.63, 3.8) is 0 Å². The van der Waals surface area contributed by atoms with Gasteiger partial charge in [0.25, 0.3) is 0 Å². The number of nitrogens with two attached hydrogens (primary N) is 1. The minimum absolute atomic E-state index is 0.344. The molecule has 6 heteroatoms. The largest absolute Gasteiger partial charge is 0.355 e. The molecule has 0 saturated heterocycles. The Morgan fingerprint density at radius 3 is 2.73 bits per heavy atom. The lowest BCUT2D eigenvalue weighted by molar-refractivity contribution is 0.410. The summed E-state index contributed by atoms with van der Waals surface area (Å²) in [4.78, 5) is 11.4. The maximum Gasteiger partial charge on any atom is 0.224 e. The summed E-state index contributed by atoms with van der Waals surface area (Å²) in [6.07, 6.45) is 8.31. The van der Waals surface area contributed by atoms with Crippen molar-refractivity contribution < 1.29 is 0 Å². The smallest absolute Gasteiger partial charge is 0.224 e. The fourth-order valence-electron chi connectivity index (χ4n) is 3.75. The molecule has 26 heavy (non-hydrogen) atoms. The number of hydrogen-bond acceptors (Lipinski definition) is 5. The van der Waals surface area contributed by atoms with Gasteiger partial charge in [0.15, 0.2) is 0 Å². The van der Waals surface area contributed by atoms with Gasteiger partial charge in [-0.2, -0.15) is 4.98 Å². The Morgan fingerprint density at radius 1 is 1.19 bits per heavy atom. The van der Waals surface area contributed by atoms with Gasteiger partial charge in [0.1, 0.15) is 5.82 Å². The fourth-order valence-corrected chi connectivity index (χ4v) is 4.01. The number of fused-ring (bicyclic) bond motifs is 1. The third kappa shape index (κ3) is 3.55. The number of hydrogen-bond donors (Lipinski definition) is 2. The minimum Gasteiger partial charge on any atom is -0.355 e. The van der Waals surface area contributed by atoms with Gasteiger partial charge in [0.05, 0.1) is 0 Å². The van der Waals surface area contributed by atoms with Crippen molar-refractivity contribution in [3.8, 4) is 0 Å².